The van der Waals surface area contributed by atoms with Gasteiger partial charge in [-0.25, -0.2) is 9.59 Å². The van der Waals surface area contributed by atoms with Crippen molar-refractivity contribution in [1.82, 2.24) is 0 Å². The zero-order valence-corrected chi connectivity index (χ0v) is 19.1. The maximum Gasteiger partial charge on any atom is 0.330 e. The van der Waals surface area contributed by atoms with Gasteiger partial charge in [0, 0.05) is 24.4 Å². The fraction of sp³-hybridized carbons (Fsp3) is 0.727. The van der Waals surface area contributed by atoms with Crippen LogP contribution in [-0.2, 0) is 9.59 Å². The highest BCUT2D eigenvalue weighted by atomic mass is 16.4. The minimum absolute atomic E-state index is 0.176. The Bertz CT molecular complexity index is 293. The Kier molecular flexibility index (Phi) is 48.1. The first-order chi connectivity index (χ1) is 13.0. The number of carboxylic acid groups (broad SMARTS) is 2. The summed E-state index contributed by atoms with van der Waals surface area (Å²) >= 11 is 0. The molecule has 0 bridgehead atoms. The minimum Gasteiger partial charge on any atom is -0.478 e. The van der Waals surface area contributed by atoms with E-state index in [9.17, 15) is 9.59 Å². The predicted molar refractivity (Wildman–Crippen MR) is 119 cm³/mol. The molecule has 0 aromatic rings. The molecule has 6 heteroatoms. The molecule has 0 rings (SSSR count). The molecule has 0 heterocycles. The zero-order chi connectivity index (χ0) is 23.4. The molecule has 0 saturated heterocycles. The molecule has 0 unspecified atom stereocenters. The maximum atomic E-state index is 9.60. The van der Waals surface area contributed by atoms with Gasteiger partial charge < -0.3 is 20.4 Å². The van der Waals surface area contributed by atoms with Crippen molar-refractivity contribution in [3.8, 4) is 0 Å². The van der Waals surface area contributed by atoms with Crippen LogP contribution in [0.25, 0.3) is 0 Å². The third kappa shape index (κ3) is 74.5. The van der Waals surface area contributed by atoms with Crippen LogP contribution in [0.2, 0.25) is 0 Å². The number of unbranched alkanes of at least 4 members (excludes halogenated alkanes) is 7. The van der Waals surface area contributed by atoms with Gasteiger partial charge in [-0.15, -0.1) is 0 Å². The van der Waals surface area contributed by atoms with Gasteiger partial charge in [-0.05, 0) is 27.7 Å². The number of hydrogen-bond acceptors (Lipinski definition) is 4. The summed E-state index contributed by atoms with van der Waals surface area (Å²) in [5.74, 6) is -1.87. The van der Waals surface area contributed by atoms with Crippen molar-refractivity contribution in [1.29, 1.82) is 0 Å². The molecule has 170 valence electrons. The second-order valence-electron chi connectivity index (χ2n) is 5.92. The molecule has 0 fully saturated rings. The van der Waals surface area contributed by atoms with Crippen LogP contribution in [0.4, 0.5) is 0 Å². The van der Waals surface area contributed by atoms with E-state index >= 15 is 0 Å². The molecule has 0 aliphatic heterocycles. The van der Waals surface area contributed by atoms with Gasteiger partial charge >= 0.3 is 11.9 Å². The standard InChI is InChI=1S/C10H22.2C4H6O2.2C2H6O/c1-3-5-7-9-10-8-6-4-2;2*1-3(2)4(5)6;2*1-2-3/h3-10H2,1-2H3;2*1H2,2H3,(H,5,6);2*3H,2H2,1H3. The summed E-state index contributed by atoms with van der Waals surface area (Å²) < 4.78 is 0. The van der Waals surface area contributed by atoms with Crippen molar-refractivity contribution in [2.75, 3.05) is 13.2 Å². The van der Waals surface area contributed by atoms with Gasteiger partial charge in [-0.1, -0.05) is 78.4 Å². The lowest BCUT2D eigenvalue weighted by molar-refractivity contribution is -0.133. The van der Waals surface area contributed by atoms with Gasteiger partial charge in [-0.3, -0.25) is 0 Å². The van der Waals surface area contributed by atoms with E-state index in [1.54, 1.807) is 13.8 Å². The summed E-state index contributed by atoms with van der Waals surface area (Å²) in [6.07, 6.45) is 11.5. The van der Waals surface area contributed by atoms with Crippen molar-refractivity contribution in [2.24, 2.45) is 0 Å². The normalized spacial score (nSPS) is 8.14. The molecule has 0 spiro atoms. The lowest BCUT2D eigenvalue weighted by atomic mass is 10.1. The molecular weight excluding hydrogens is 360 g/mol. The van der Waals surface area contributed by atoms with Crippen molar-refractivity contribution in [3.05, 3.63) is 24.3 Å². The van der Waals surface area contributed by atoms with Gasteiger partial charge in [0.15, 0.2) is 0 Å². The van der Waals surface area contributed by atoms with Crippen LogP contribution in [0.1, 0.15) is 92.9 Å². The van der Waals surface area contributed by atoms with E-state index in [2.05, 4.69) is 27.0 Å². The van der Waals surface area contributed by atoms with Crippen molar-refractivity contribution < 1.29 is 30.0 Å². The third-order valence-corrected chi connectivity index (χ3v) is 2.69. The van der Waals surface area contributed by atoms with Gasteiger partial charge in [0.25, 0.3) is 0 Å². The lowest BCUT2D eigenvalue weighted by Crippen LogP contribution is -1.92. The summed E-state index contributed by atoms with van der Waals surface area (Å²) in [6.45, 7) is 17.6. The van der Waals surface area contributed by atoms with Crippen LogP contribution in [0.5, 0.6) is 0 Å². The summed E-state index contributed by atoms with van der Waals surface area (Å²) in [6, 6.07) is 0. The van der Waals surface area contributed by atoms with Gasteiger partial charge in [-0.2, -0.15) is 0 Å². The summed E-state index contributed by atoms with van der Waals surface area (Å²) in [5, 5.41) is 30.9. The number of carbonyl (C=O) groups is 2. The quantitative estimate of drug-likeness (QED) is 0.299. The Morgan fingerprint density at radius 1 is 0.607 bits per heavy atom. The molecular formula is C22H46O6. The molecule has 0 aromatic heterocycles. The number of aliphatic hydroxyl groups excluding tert-OH is 2. The van der Waals surface area contributed by atoms with Crippen LogP contribution in [-0.4, -0.2) is 45.6 Å². The van der Waals surface area contributed by atoms with Crippen molar-refractivity contribution in [3.63, 3.8) is 0 Å². The van der Waals surface area contributed by atoms with E-state index in [0.29, 0.717) is 0 Å². The molecule has 4 N–H and O–H groups in total. The van der Waals surface area contributed by atoms with E-state index in [1.165, 1.54) is 65.2 Å². The fourth-order valence-electron chi connectivity index (χ4n) is 1.21. The molecule has 28 heavy (non-hydrogen) atoms. The van der Waals surface area contributed by atoms with E-state index in [-0.39, 0.29) is 24.4 Å². The third-order valence-electron chi connectivity index (χ3n) is 2.69. The van der Waals surface area contributed by atoms with Crippen LogP contribution in [0, 0.1) is 0 Å². The van der Waals surface area contributed by atoms with Crippen molar-refractivity contribution >= 4 is 11.9 Å². The average molecular weight is 407 g/mol. The van der Waals surface area contributed by atoms with E-state index in [4.69, 9.17) is 20.4 Å². The molecule has 0 aromatic carbocycles. The Labute approximate surface area is 173 Å². The van der Waals surface area contributed by atoms with Crippen molar-refractivity contribution in [2.45, 2.75) is 92.9 Å². The number of carboxylic acids is 2. The first kappa shape index (κ1) is 37.1. The average Bonchev–Trinajstić information content (AvgIpc) is 2.60. The molecule has 0 aliphatic carbocycles. The Morgan fingerprint density at radius 3 is 0.857 bits per heavy atom. The fourth-order valence-corrected chi connectivity index (χ4v) is 1.21. The number of aliphatic hydroxyl groups is 2. The number of hydrogen-bond donors (Lipinski definition) is 4. The van der Waals surface area contributed by atoms with E-state index in [0.717, 1.165) is 0 Å². The van der Waals surface area contributed by atoms with Crippen LogP contribution < -0.4 is 0 Å². The van der Waals surface area contributed by atoms with E-state index in [1.807, 2.05) is 0 Å². The predicted octanol–water partition coefficient (Wildman–Crippen LogP) is 5.44. The molecule has 0 aliphatic rings. The first-order valence-electron chi connectivity index (χ1n) is 10.0. The smallest absolute Gasteiger partial charge is 0.330 e. The lowest BCUT2D eigenvalue weighted by Gasteiger charge is -1.97. The highest BCUT2D eigenvalue weighted by molar-refractivity contribution is 5.85. The maximum absolute atomic E-state index is 9.60. The minimum atomic E-state index is -0.935. The summed E-state index contributed by atoms with van der Waals surface area (Å²) in [4.78, 5) is 19.2. The van der Waals surface area contributed by atoms with Crippen LogP contribution in [0.3, 0.4) is 0 Å². The molecule has 0 saturated carbocycles. The largest absolute Gasteiger partial charge is 0.478 e. The Morgan fingerprint density at radius 2 is 0.750 bits per heavy atom. The van der Waals surface area contributed by atoms with Crippen LogP contribution in [0.15, 0.2) is 24.3 Å². The molecule has 0 radical (unpaired) electrons. The highest BCUT2D eigenvalue weighted by Gasteiger charge is 1.90. The molecule has 0 atom stereocenters. The Hall–Kier alpha value is -1.66. The van der Waals surface area contributed by atoms with Crippen LogP contribution >= 0.6 is 0 Å². The second-order valence-corrected chi connectivity index (χ2v) is 5.92. The molecule has 0 amide bonds. The first-order valence-corrected chi connectivity index (χ1v) is 10.0. The van der Waals surface area contributed by atoms with Gasteiger partial charge in [0.05, 0.1) is 0 Å². The summed E-state index contributed by atoms with van der Waals surface area (Å²) in [7, 11) is 0. The SMILES string of the molecule is C=C(C)C(=O)O.C=C(C)C(=O)O.CCCCCCCCCC.CCO.CCO. The zero-order valence-electron chi connectivity index (χ0n) is 19.1. The van der Waals surface area contributed by atoms with Gasteiger partial charge in [0.1, 0.15) is 0 Å². The second kappa shape index (κ2) is 36.3. The van der Waals surface area contributed by atoms with E-state index < -0.39 is 11.9 Å². The number of rotatable bonds is 9. The monoisotopic (exact) mass is 406 g/mol. The van der Waals surface area contributed by atoms with Gasteiger partial charge in [0.2, 0.25) is 0 Å². The number of aliphatic carboxylic acids is 2. The summed E-state index contributed by atoms with van der Waals surface area (Å²) in [5.41, 5.74) is 0.352. The highest BCUT2D eigenvalue weighted by Crippen LogP contribution is 2.07. The molecule has 6 nitrogen and oxygen atoms in total. The Balaban J connectivity index is -0.0000000854. The topological polar surface area (TPSA) is 115 Å².